The zero-order chi connectivity index (χ0) is 17.0. The molecule has 0 radical (unpaired) electrons. The summed E-state index contributed by atoms with van der Waals surface area (Å²) in [7, 11) is 2.19. The Balaban J connectivity index is 0.00000288. The summed E-state index contributed by atoms with van der Waals surface area (Å²) in [6.45, 7) is 10.7. The summed E-state index contributed by atoms with van der Waals surface area (Å²) in [5, 5.41) is 15.7. The molecule has 1 atom stereocenters. The fourth-order valence-corrected chi connectivity index (χ4v) is 5.00. The van der Waals surface area contributed by atoms with E-state index in [4.69, 9.17) is 0 Å². The third-order valence-electron chi connectivity index (χ3n) is 4.53. The second-order valence-electron chi connectivity index (χ2n) is 6.66. The van der Waals surface area contributed by atoms with E-state index in [1.54, 1.807) is 0 Å². The minimum atomic E-state index is 0. The topological polar surface area (TPSA) is 41.6 Å². The van der Waals surface area contributed by atoms with E-state index in [0.717, 1.165) is 45.4 Å². The van der Waals surface area contributed by atoms with Crippen molar-refractivity contribution in [2.24, 2.45) is 5.92 Å². The molecule has 1 N–H and O–H groups in total. The first-order valence-corrected chi connectivity index (χ1v) is 10.3. The van der Waals surface area contributed by atoms with Crippen molar-refractivity contribution in [2.45, 2.75) is 26.4 Å². The average Bonchev–Trinajstić information content (AvgIpc) is 2.49. The number of piperazine rings is 1. The van der Waals surface area contributed by atoms with Gasteiger partial charge in [0.05, 0.1) is 0 Å². The molecule has 1 aromatic carbocycles. The van der Waals surface area contributed by atoms with Crippen molar-refractivity contribution in [3.05, 3.63) is 24.8 Å². The van der Waals surface area contributed by atoms with Crippen LogP contribution in [0.2, 0.25) is 0 Å². The zero-order valence-corrected chi connectivity index (χ0v) is 21.4. The monoisotopic (exact) mass is 565 g/mol. The van der Waals surface area contributed by atoms with Crippen LogP contribution in [0.1, 0.15) is 19.4 Å². The summed E-state index contributed by atoms with van der Waals surface area (Å²) >= 11 is 4.41. The standard InChI is InChI=1S/C17H27I2N3O.Na/c1-12(2)16(22-6-4-21(3)5-7-22)11-20-10-13-8-14(18)9-15(19)17(13)23;/h8-9,12,16,20,23H,4-7,10-11H2,1-3H3;/q;+1/p-1. The maximum Gasteiger partial charge on any atom is 1.00 e. The van der Waals surface area contributed by atoms with E-state index in [0.29, 0.717) is 18.5 Å². The number of rotatable bonds is 6. The van der Waals surface area contributed by atoms with E-state index in [1.165, 1.54) is 0 Å². The van der Waals surface area contributed by atoms with Crippen LogP contribution in [0.4, 0.5) is 0 Å². The Hall–Kier alpha value is 1.36. The molecule has 1 fully saturated rings. The first-order chi connectivity index (χ1) is 10.9. The van der Waals surface area contributed by atoms with Gasteiger partial charge < -0.3 is 15.3 Å². The number of hydrogen-bond donors (Lipinski definition) is 1. The van der Waals surface area contributed by atoms with E-state index in [1.807, 2.05) is 12.1 Å². The molecular weight excluding hydrogens is 539 g/mol. The van der Waals surface area contributed by atoms with E-state index in [-0.39, 0.29) is 35.3 Å². The molecule has 1 unspecified atom stereocenters. The minimum Gasteiger partial charge on any atom is -0.872 e. The van der Waals surface area contributed by atoms with E-state index < -0.39 is 0 Å². The summed E-state index contributed by atoms with van der Waals surface area (Å²) in [6, 6.07) is 4.47. The van der Waals surface area contributed by atoms with Gasteiger partial charge in [0, 0.05) is 52.5 Å². The molecule has 24 heavy (non-hydrogen) atoms. The normalized spacial score (nSPS) is 17.8. The molecular formula is C17H26I2N3NaO. The summed E-state index contributed by atoms with van der Waals surface area (Å²) < 4.78 is 1.94. The van der Waals surface area contributed by atoms with Crippen LogP contribution >= 0.6 is 45.2 Å². The van der Waals surface area contributed by atoms with Crippen LogP contribution in [0.25, 0.3) is 0 Å². The van der Waals surface area contributed by atoms with Crippen LogP contribution in [0, 0.1) is 13.1 Å². The smallest absolute Gasteiger partial charge is 0.872 e. The van der Waals surface area contributed by atoms with Gasteiger partial charge in [0.1, 0.15) is 0 Å². The van der Waals surface area contributed by atoms with Gasteiger partial charge in [-0.3, -0.25) is 4.90 Å². The Kier molecular flexibility index (Phi) is 11.0. The summed E-state index contributed by atoms with van der Waals surface area (Å²) in [5.74, 6) is 0.771. The second-order valence-corrected chi connectivity index (χ2v) is 9.07. The molecule has 0 saturated carbocycles. The van der Waals surface area contributed by atoms with E-state index in [9.17, 15) is 5.11 Å². The Morgan fingerprint density at radius 1 is 1.17 bits per heavy atom. The average molecular weight is 565 g/mol. The van der Waals surface area contributed by atoms with Gasteiger partial charge in [0.2, 0.25) is 0 Å². The Bertz CT molecular complexity index is 523. The number of nitrogens with one attached hydrogen (secondary N) is 1. The predicted octanol–water partition coefficient (Wildman–Crippen LogP) is -0.665. The number of halogens is 2. The first kappa shape index (κ1) is 23.4. The third kappa shape index (κ3) is 6.83. The Morgan fingerprint density at radius 3 is 2.38 bits per heavy atom. The molecule has 0 amide bonds. The molecule has 4 nitrogen and oxygen atoms in total. The number of likely N-dealkylation sites (N-methyl/N-ethyl adjacent to an activating group) is 1. The van der Waals surface area contributed by atoms with Crippen LogP contribution in [-0.4, -0.2) is 55.6 Å². The third-order valence-corrected chi connectivity index (χ3v) is 5.95. The molecule has 0 spiro atoms. The van der Waals surface area contributed by atoms with Crippen LogP contribution in [-0.2, 0) is 6.54 Å². The van der Waals surface area contributed by atoms with Crippen LogP contribution in [0.15, 0.2) is 12.1 Å². The summed E-state index contributed by atoms with van der Waals surface area (Å²) in [6.07, 6.45) is 0. The number of benzene rings is 1. The molecule has 0 aliphatic carbocycles. The minimum absolute atomic E-state index is 0. The van der Waals surface area contributed by atoms with Gasteiger partial charge in [-0.2, -0.15) is 0 Å². The molecule has 1 heterocycles. The second kappa shape index (κ2) is 11.3. The Morgan fingerprint density at radius 2 is 1.79 bits per heavy atom. The van der Waals surface area contributed by atoms with Crippen molar-refractivity contribution >= 4 is 45.2 Å². The van der Waals surface area contributed by atoms with Gasteiger partial charge >= 0.3 is 29.6 Å². The van der Waals surface area contributed by atoms with Crippen molar-refractivity contribution < 1.29 is 34.7 Å². The molecule has 1 aliphatic rings. The molecule has 130 valence electrons. The van der Waals surface area contributed by atoms with Gasteiger partial charge in [-0.1, -0.05) is 19.6 Å². The van der Waals surface area contributed by atoms with Crippen LogP contribution < -0.4 is 40.0 Å². The van der Waals surface area contributed by atoms with Crippen LogP contribution in [0.3, 0.4) is 0 Å². The maximum atomic E-state index is 12.2. The van der Waals surface area contributed by atoms with Crippen molar-refractivity contribution in [3.63, 3.8) is 0 Å². The van der Waals surface area contributed by atoms with Gasteiger partial charge in [0.25, 0.3) is 0 Å². The number of hydrogen-bond acceptors (Lipinski definition) is 4. The molecule has 1 saturated heterocycles. The molecule has 1 aromatic rings. The molecule has 0 bridgehead atoms. The van der Waals surface area contributed by atoms with Gasteiger partial charge in [0.15, 0.2) is 0 Å². The van der Waals surface area contributed by atoms with Crippen LogP contribution in [0.5, 0.6) is 5.75 Å². The van der Waals surface area contributed by atoms with Gasteiger partial charge in [-0.15, -0.1) is 0 Å². The molecule has 0 aromatic heterocycles. The summed E-state index contributed by atoms with van der Waals surface area (Å²) in [5.41, 5.74) is 0.877. The fraction of sp³-hybridized carbons (Fsp3) is 0.647. The largest absolute Gasteiger partial charge is 1.00 e. The number of nitrogens with zero attached hydrogens (tertiary/aromatic N) is 2. The van der Waals surface area contributed by atoms with Crippen molar-refractivity contribution in [3.8, 4) is 5.75 Å². The fourth-order valence-electron chi connectivity index (χ4n) is 3.04. The quantitative estimate of drug-likeness (QED) is 0.368. The van der Waals surface area contributed by atoms with E-state index >= 15 is 0 Å². The molecule has 2 rings (SSSR count). The zero-order valence-electron chi connectivity index (χ0n) is 15.1. The Labute approximate surface area is 195 Å². The van der Waals surface area contributed by atoms with Crippen molar-refractivity contribution in [2.75, 3.05) is 39.8 Å². The summed E-state index contributed by atoms with van der Waals surface area (Å²) in [4.78, 5) is 4.98. The SMILES string of the molecule is CC(C)C(CNCc1cc(I)cc(I)c1[O-])N1CCN(C)CC1.[Na+]. The maximum absolute atomic E-state index is 12.2. The first-order valence-electron chi connectivity index (χ1n) is 8.16. The molecule has 7 heteroatoms. The van der Waals surface area contributed by atoms with Crippen molar-refractivity contribution in [1.82, 2.24) is 15.1 Å². The predicted molar refractivity (Wildman–Crippen MR) is 111 cm³/mol. The van der Waals surface area contributed by atoms with Gasteiger partial charge in [-0.25, -0.2) is 0 Å². The molecule has 1 aliphatic heterocycles. The van der Waals surface area contributed by atoms with Crippen molar-refractivity contribution in [1.29, 1.82) is 0 Å². The van der Waals surface area contributed by atoms with E-state index in [2.05, 4.69) is 81.2 Å². The van der Waals surface area contributed by atoms with Gasteiger partial charge in [-0.05, 0) is 75.8 Å².